The Labute approximate surface area is 289 Å². The molecule has 2 fully saturated rings. The number of nitrogens with one attached hydrogen (secondary N) is 2. The molecule has 2 aromatic heterocycles. The van der Waals surface area contributed by atoms with E-state index in [1.807, 2.05) is 0 Å². The molecule has 2 N–H and O–H groups in total. The molecule has 250 valence electrons. The molecule has 0 radical (unpaired) electrons. The number of aromatic nitrogens is 3. The third-order valence-electron chi connectivity index (χ3n) is 9.52. The van der Waals surface area contributed by atoms with E-state index in [9.17, 15) is 0 Å². The summed E-state index contributed by atoms with van der Waals surface area (Å²) in [6, 6.07) is 13.6. The molecule has 0 amide bonds. The highest BCUT2D eigenvalue weighted by Crippen LogP contribution is 2.38. The van der Waals surface area contributed by atoms with Crippen molar-refractivity contribution in [2.75, 3.05) is 82.3 Å². The topological polar surface area (TPSA) is 81.7 Å². The minimum Gasteiger partial charge on any atom is -0.494 e. The second-order valence-corrected chi connectivity index (χ2v) is 16.4. The van der Waals surface area contributed by atoms with Crippen molar-refractivity contribution in [3.63, 3.8) is 0 Å². The van der Waals surface area contributed by atoms with Gasteiger partial charge in [-0.2, -0.15) is 4.98 Å². The zero-order chi connectivity index (χ0) is 33.2. The molecule has 11 heteroatoms. The van der Waals surface area contributed by atoms with Gasteiger partial charge in [-0.15, -0.1) is 0 Å². The molecule has 0 spiro atoms. The molecule has 0 bridgehead atoms. The third-order valence-corrected chi connectivity index (χ3v) is 11.5. The lowest BCUT2D eigenvalue weighted by molar-refractivity contribution is 0.0982. The number of anilines is 5. The number of likely N-dealkylation sites (N-methyl/N-ethyl adjacent to an activating group) is 1. The summed E-state index contributed by atoms with van der Waals surface area (Å²) >= 11 is 3.68. The number of benzene rings is 2. The average molecular weight is 720 g/mol. The molecule has 2 aliphatic rings. The Morgan fingerprint density at radius 2 is 1.68 bits per heavy atom. The number of hydrogen-bond donors (Lipinski definition) is 2. The van der Waals surface area contributed by atoms with Gasteiger partial charge >= 0.3 is 0 Å². The van der Waals surface area contributed by atoms with Crippen molar-refractivity contribution in [3.05, 3.63) is 58.3 Å². The molecule has 0 unspecified atom stereocenters. The van der Waals surface area contributed by atoms with Crippen LogP contribution in [0, 0.1) is 6.92 Å². The van der Waals surface area contributed by atoms with Gasteiger partial charge in [0.2, 0.25) is 5.95 Å². The van der Waals surface area contributed by atoms with Crippen LogP contribution in [-0.2, 0) is 0 Å². The maximum atomic E-state index is 5.90. The number of piperidine rings is 1. The van der Waals surface area contributed by atoms with Crippen molar-refractivity contribution < 1.29 is 4.74 Å². The van der Waals surface area contributed by atoms with Gasteiger partial charge in [-0.05, 0) is 91.8 Å². The van der Waals surface area contributed by atoms with Gasteiger partial charge in [0.05, 0.1) is 22.8 Å². The number of hydrogen-bond acceptors (Lipinski definition) is 9. The summed E-state index contributed by atoms with van der Waals surface area (Å²) in [5.41, 5.74) is 6.46. The van der Waals surface area contributed by atoms with Gasteiger partial charge < -0.3 is 25.2 Å². The van der Waals surface area contributed by atoms with E-state index in [0.717, 1.165) is 45.9 Å². The standard InChI is InChI=1S/C36H48BrN8OP/c1-23(2)28-9-8-26-29(39-28)10-11-30(34(26)47(6)7)40-35-27(37)22-38-36(42-35)41-31-20-24(3)32(21-33(31)46-5)45-14-12-25(13-15-45)44-18-16-43(4)17-19-44/h8-11,20-23,25H,12-19H2,1-7H3,(H2,38,40,41,42). The Balaban J connectivity index is 1.20. The molecule has 4 aromatic rings. The Morgan fingerprint density at radius 1 is 0.936 bits per heavy atom. The summed E-state index contributed by atoms with van der Waals surface area (Å²) in [4.78, 5) is 22.1. The first-order valence-corrected chi connectivity index (χ1v) is 19.7. The van der Waals surface area contributed by atoms with Crippen LogP contribution in [0.5, 0.6) is 5.75 Å². The molecule has 47 heavy (non-hydrogen) atoms. The number of fused-ring (bicyclic) bond motifs is 1. The predicted octanol–water partition coefficient (Wildman–Crippen LogP) is 7.30. The minimum atomic E-state index is -0.423. The molecule has 6 rings (SSSR count). The molecule has 4 heterocycles. The van der Waals surface area contributed by atoms with Crippen molar-refractivity contribution in [3.8, 4) is 5.75 Å². The lowest BCUT2D eigenvalue weighted by Gasteiger charge is -2.43. The predicted molar refractivity (Wildman–Crippen MR) is 203 cm³/mol. The van der Waals surface area contributed by atoms with Crippen LogP contribution in [0.4, 0.5) is 28.8 Å². The van der Waals surface area contributed by atoms with Gasteiger partial charge in [0, 0.05) is 85.3 Å². The lowest BCUT2D eigenvalue weighted by Crippen LogP contribution is -2.52. The largest absolute Gasteiger partial charge is 0.494 e. The fourth-order valence-corrected chi connectivity index (χ4v) is 8.39. The van der Waals surface area contributed by atoms with Gasteiger partial charge in [-0.25, -0.2) is 4.98 Å². The fraction of sp³-hybridized carbons (Fsp3) is 0.472. The number of nitrogens with zero attached hydrogens (tertiary/aromatic N) is 6. The Hall–Kier alpha value is -3.04. The summed E-state index contributed by atoms with van der Waals surface area (Å²) in [6.07, 6.45) is 4.18. The molecule has 9 nitrogen and oxygen atoms in total. The van der Waals surface area contributed by atoms with Crippen LogP contribution in [0.15, 0.2) is 47.1 Å². The van der Waals surface area contributed by atoms with E-state index in [-0.39, 0.29) is 0 Å². The first-order chi connectivity index (χ1) is 22.6. The van der Waals surface area contributed by atoms with E-state index >= 15 is 0 Å². The number of piperazine rings is 1. The SMILES string of the molecule is COc1cc(N2CCC(N3CCN(C)CC3)CC2)c(C)cc1Nc1ncc(Br)c(Nc2ccc3nc(C(C)C)ccc3c2P(C)C)n1. The van der Waals surface area contributed by atoms with E-state index < -0.39 is 7.92 Å². The number of methoxy groups -OCH3 is 1. The van der Waals surface area contributed by atoms with Crippen molar-refractivity contribution in [2.24, 2.45) is 0 Å². The molecule has 0 aliphatic carbocycles. The third kappa shape index (κ3) is 7.51. The second kappa shape index (κ2) is 14.6. The number of ether oxygens (including phenoxy) is 1. The van der Waals surface area contributed by atoms with Gasteiger partial charge in [-0.1, -0.05) is 27.8 Å². The zero-order valence-electron chi connectivity index (χ0n) is 28.8. The van der Waals surface area contributed by atoms with Crippen LogP contribution >= 0.6 is 23.9 Å². The van der Waals surface area contributed by atoms with E-state index in [4.69, 9.17) is 14.7 Å². The highest BCUT2D eigenvalue weighted by molar-refractivity contribution is 9.10. The summed E-state index contributed by atoms with van der Waals surface area (Å²) in [5.74, 6) is 2.36. The maximum absolute atomic E-state index is 5.90. The van der Waals surface area contributed by atoms with Crippen molar-refractivity contribution >= 4 is 68.9 Å². The van der Waals surface area contributed by atoms with Gasteiger partial charge in [0.25, 0.3) is 0 Å². The van der Waals surface area contributed by atoms with Crippen LogP contribution in [0.25, 0.3) is 10.9 Å². The first-order valence-electron chi connectivity index (χ1n) is 16.6. The molecular formula is C36H48BrN8OP. The number of halogens is 1. The molecule has 0 saturated carbocycles. The summed E-state index contributed by atoms with van der Waals surface area (Å²) < 4.78 is 6.69. The minimum absolute atomic E-state index is 0.386. The summed E-state index contributed by atoms with van der Waals surface area (Å²) in [7, 11) is 3.53. The lowest BCUT2D eigenvalue weighted by atomic mass is 10.0. The van der Waals surface area contributed by atoms with E-state index in [2.05, 4.69) is 124 Å². The maximum Gasteiger partial charge on any atom is 0.229 e. The van der Waals surface area contributed by atoms with Crippen molar-refractivity contribution in [1.29, 1.82) is 0 Å². The molecule has 2 saturated heterocycles. The highest BCUT2D eigenvalue weighted by atomic mass is 79.9. The summed E-state index contributed by atoms with van der Waals surface area (Å²) in [5, 5.41) is 9.51. The van der Waals surface area contributed by atoms with Crippen LogP contribution in [0.1, 0.15) is 43.9 Å². The van der Waals surface area contributed by atoms with Crippen LogP contribution in [0.3, 0.4) is 0 Å². The Kier molecular flexibility index (Phi) is 10.5. The quantitative estimate of drug-likeness (QED) is 0.173. The summed E-state index contributed by atoms with van der Waals surface area (Å²) in [6.45, 7) is 17.9. The van der Waals surface area contributed by atoms with Crippen LogP contribution < -0.4 is 25.6 Å². The second-order valence-electron chi connectivity index (χ2n) is 13.4. The van der Waals surface area contributed by atoms with E-state index in [1.54, 1.807) is 13.3 Å². The number of aryl methyl sites for hydroxylation is 1. The van der Waals surface area contributed by atoms with Crippen LogP contribution in [0.2, 0.25) is 0 Å². The zero-order valence-corrected chi connectivity index (χ0v) is 31.3. The molecule has 0 atom stereocenters. The fourth-order valence-electron chi connectivity index (χ4n) is 6.82. The Bertz CT molecular complexity index is 1720. The smallest absolute Gasteiger partial charge is 0.229 e. The van der Waals surface area contributed by atoms with Crippen molar-refractivity contribution in [2.45, 2.75) is 45.6 Å². The molecular weight excluding hydrogens is 671 g/mol. The highest BCUT2D eigenvalue weighted by Gasteiger charge is 2.28. The monoisotopic (exact) mass is 718 g/mol. The first kappa shape index (κ1) is 33.8. The van der Waals surface area contributed by atoms with Crippen LogP contribution in [-0.4, -0.2) is 97.5 Å². The van der Waals surface area contributed by atoms with Gasteiger partial charge in [0.1, 0.15) is 11.6 Å². The molecule has 2 aromatic carbocycles. The van der Waals surface area contributed by atoms with E-state index in [1.165, 1.54) is 61.0 Å². The molecule has 2 aliphatic heterocycles. The normalized spacial score (nSPS) is 16.8. The van der Waals surface area contributed by atoms with Crippen molar-refractivity contribution in [1.82, 2.24) is 24.8 Å². The van der Waals surface area contributed by atoms with E-state index in [0.29, 0.717) is 23.7 Å². The Morgan fingerprint density at radius 3 is 2.36 bits per heavy atom. The number of rotatable bonds is 9. The average Bonchev–Trinajstić information content (AvgIpc) is 3.06. The number of pyridine rings is 1. The van der Waals surface area contributed by atoms with Gasteiger partial charge in [-0.3, -0.25) is 9.88 Å². The van der Waals surface area contributed by atoms with Gasteiger partial charge in [0.15, 0.2) is 0 Å².